The third-order valence-electron chi connectivity index (χ3n) is 6.50. The molecule has 0 spiro atoms. The molecule has 0 radical (unpaired) electrons. The van der Waals surface area contributed by atoms with Crippen LogP contribution in [0.1, 0.15) is 96.3 Å². The summed E-state index contributed by atoms with van der Waals surface area (Å²) in [4.78, 5) is 0. The third-order valence-corrected chi connectivity index (χ3v) is 12.3. The molecule has 0 aromatic rings. The van der Waals surface area contributed by atoms with Crippen molar-refractivity contribution >= 4 is 16.5 Å². The Labute approximate surface area is 142 Å². The Bertz CT molecular complexity index is 268. The summed E-state index contributed by atoms with van der Waals surface area (Å²) in [5.41, 5.74) is 3.51. The molecule has 0 aliphatic heterocycles. The molecule has 0 heterocycles. The second-order valence-corrected chi connectivity index (χ2v) is 12.8. The van der Waals surface area contributed by atoms with Crippen LogP contribution in [0.15, 0.2) is 0 Å². The van der Waals surface area contributed by atoms with E-state index in [1.807, 2.05) is 0 Å². The molecule has 2 heteroatoms. The van der Waals surface area contributed by atoms with E-state index in [0.717, 1.165) is 5.66 Å². The average Bonchev–Trinajstić information content (AvgIpc) is 2.61. The number of hydrogen-bond acceptors (Lipinski definition) is 0. The zero-order chi connectivity index (χ0) is 15.0. The first-order valence-corrected chi connectivity index (χ1v) is 13.4. The maximum atomic E-state index is 1.67. The molecule has 3 aliphatic carbocycles. The van der Waals surface area contributed by atoms with Gasteiger partial charge in [-0.3, -0.25) is 0 Å². The fraction of sp³-hybridized carbons (Fsp3) is 1.00. The van der Waals surface area contributed by atoms with E-state index in [4.69, 9.17) is 0 Å². The Hall–Kier alpha value is 0.860. The van der Waals surface area contributed by atoms with Gasteiger partial charge in [-0.2, -0.15) is 0 Å². The second-order valence-electron chi connectivity index (χ2n) is 8.11. The molecule has 0 aromatic carbocycles. The SMILES string of the molecule is C1CCC(PCCP(C2CCCCC2)C2CCCCC2)CC1. The minimum absolute atomic E-state index is 0.383. The summed E-state index contributed by atoms with van der Waals surface area (Å²) < 4.78 is 0. The molecule has 0 amide bonds. The molecule has 22 heavy (non-hydrogen) atoms. The van der Waals surface area contributed by atoms with Gasteiger partial charge in [0.1, 0.15) is 0 Å². The van der Waals surface area contributed by atoms with Crippen LogP contribution in [0.5, 0.6) is 0 Å². The zero-order valence-electron chi connectivity index (χ0n) is 14.7. The molecule has 0 bridgehead atoms. The van der Waals surface area contributed by atoms with Gasteiger partial charge in [-0.05, 0) is 67.8 Å². The van der Waals surface area contributed by atoms with Crippen molar-refractivity contribution in [2.75, 3.05) is 12.3 Å². The topological polar surface area (TPSA) is 0 Å². The van der Waals surface area contributed by atoms with Gasteiger partial charge < -0.3 is 0 Å². The summed E-state index contributed by atoms with van der Waals surface area (Å²) in [6.07, 6.45) is 26.8. The Morgan fingerprint density at radius 3 is 1.55 bits per heavy atom. The van der Waals surface area contributed by atoms with E-state index in [9.17, 15) is 0 Å². The zero-order valence-corrected chi connectivity index (χ0v) is 16.6. The van der Waals surface area contributed by atoms with E-state index in [2.05, 4.69) is 0 Å². The fourth-order valence-corrected chi connectivity index (χ4v) is 11.4. The van der Waals surface area contributed by atoms with Crippen LogP contribution in [0.3, 0.4) is 0 Å². The second kappa shape index (κ2) is 9.99. The van der Waals surface area contributed by atoms with Crippen LogP contribution in [-0.2, 0) is 0 Å². The highest BCUT2D eigenvalue weighted by Gasteiger charge is 2.30. The van der Waals surface area contributed by atoms with Crippen LogP contribution >= 0.6 is 16.5 Å². The first-order chi connectivity index (χ1) is 10.9. The minimum Gasteiger partial charge on any atom is -0.119 e. The quantitative estimate of drug-likeness (QED) is 0.451. The van der Waals surface area contributed by atoms with Gasteiger partial charge in [-0.1, -0.05) is 65.7 Å². The van der Waals surface area contributed by atoms with Crippen molar-refractivity contribution < 1.29 is 0 Å². The highest BCUT2D eigenvalue weighted by molar-refractivity contribution is 7.60. The highest BCUT2D eigenvalue weighted by atomic mass is 31.1. The summed E-state index contributed by atoms with van der Waals surface area (Å²) in [6, 6.07) is 0. The van der Waals surface area contributed by atoms with Crippen LogP contribution in [-0.4, -0.2) is 29.3 Å². The average molecular weight is 340 g/mol. The first-order valence-electron chi connectivity index (χ1n) is 10.4. The summed E-state index contributed by atoms with van der Waals surface area (Å²) in [6.45, 7) is 0. The summed E-state index contributed by atoms with van der Waals surface area (Å²) in [5, 5.41) is 0. The molecule has 0 aromatic heterocycles. The molecule has 3 rings (SSSR count). The van der Waals surface area contributed by atoms with Crippen LogP contribution in [0, 0.1) is 0 Å². The van der Waals surface area contributed by atoms with Gasteiger partial charge in [0.05, 0.1) is 0 Å². The minimum atomic E-state index is 0.383. The van der Waals surface area contributed by atoms with Gasteiger partial charge in [0.15, 0.2) is 0 Å². The summed E-state index contributed by atoms with van der Waals surface area (Å²) >= 11 is 0. The van der Waals surface area contributed by atoms with Crippen molar-refractivity contribution in [2.24, 2.45) is 0 Å². The molecular weight excluding hydrogens is 302 g/mol. The van der Waals surface area contributed by atoms with Gasteiger partial charge >= 0.3 is 0 Å². The standard InChI is InChI=1S/C20H38P2/c1-4-10-18(11-5-1)21-16-17-22(19-12-6-2-7-13-19)20-14-8-3-9-15-20/h18-21H,1-17H2. The monoisotopic (exact) mass is 340 g/mol. The molecule has 128 valence electrons. The first kappa shape index (κ1) is 17.7. The summed E-state index contributed by atoms with van der Waals surface area (Å²) in [7, 11) is 1.70. The van der Waals surface area contributed by atoms with E-state index in [0.29, 0.717) is 7.92 Å². The lowest BCUT2D eigenvalue weighted by molar-refractivity contribution is 0.484. The molecule has 3 fully saturated rings. The normalized spacial score (nSPS) is 27.1. The van der Waals surface area contributed by atoms with Gasteiger partial charge in [0, 0.05) is 0 Å². The molecule has 1 atom stereocenters. The van der Waals surface area contributed by atoms with Crippen molar-refractivity contribution in [3.05, 3.63) is 0 Å². The van der Waals surface area contributed by atoms with Crippen molar-refractivity contribution in [1.29, 1.82) is 0 Å². The molecular formula is C20H38P2. The van der Waals surface area contributed by atoms with E-state index in [-0.39, 0.29) is 0 Å². The van der Waals surface area contributed by atoms with Gasteiger partial charge in [0.2, 0.25) is 0 Å². The maximum Gasteiger partial charge on any atom is -0.0207 e. The lowest BCUT2D eigenvalue weighted by Crippen LogP contribution is -2.22. The Kier molecular flexibility index (Phi) is 8.02. The molecule has 3 aliphatic rings. The maximum absolute atomic E-state index is 1.67. The lowest BCUT2D eigenvalue weighted by atomic mass is 9.99. The third kappa shape index (κ3) is 5.45. The van der Waals surface area contributed by atoms with Crippen LogP contribution in [0.4, 0.5) is 0 Å². The molecule has 0 nitrogen and oxygen atoms in total. The van der Waals surface area contributed by atoms with Crippen molar-refractivity contribution in [3.63, 3.8) is 0 Å². The number of hydrogen-bond donors (Lipinski definition) is 0. The van der Waals surface area contributed by atoms with Crippen LogP contribution < -0.4 is 0 Å². The van der Waals surface area contributed by atoms with E-state index in [1.54, 1.807) is 76.5 Å². The van der Waals surface area contributed by atoms with Gasteiger partial charge in [0.25, 0.3) is 0 Å². The molecule has 3 saturated carbocycles. The highest BCUT2D eigenvalue weighted by Crippen LogP contribution is 2.56. The molecule has 0 N–H and O–H groups in total. The summed E-state index contributed by atoms with van der Waals surface area (Å²) in [5.74, 6) is 0. The van der Waals surface area contributed by atoms with Gasteiger partial charge in [-0.25, -0.2) is 0 Å². The van der Waals surface area contributed by atoms with Gasteiger partial charge in [-0.15, -0.1) is 8.58 Å². The predicted octanol–water partition coefficient (Wildman–Crippen LogP) is 7.14. The number of rotatable bonds is 6. The lowest BCUT2D eigenvalue weighted by Gasteiger charge is -2.39. The smallest absolute Gasteiger partial charge is 0.0207 e. The Balaban J connectivity index is 1.48. The largest absolute Gasteiger partial charge is 0.119 e. The fourth-order valence-electron chi connectivity index (χ4n) is 5.19. The Morgan fingerprint density at radius 1 is 0.591 bits per heavy atom. The van der Waals surface area contributed by atoms with E-state index in [1.165, 1.54) is 52.0 Å². The Morgan fingerprint density at radius 2 is 1.05 bits per heavy atom. The van der Waals surface area contributed by atoms with Crippen LogP contribution in [0.25, 0.3) is 0 Å². The van der Waals surface area contributed by atoms with Crippen molar-refractivity contribution in [1.82, 2.24) is 0 Å². The van der Waals surface area contributed by atoms with Crippen molar-refractivity contribution in [2.45, 2.75) is 113 Å². The van der Waals surface area contributed by atoms with E-state index < -0.39 is 0 Å². The molecule has 0 saturated heterocycles. The predicted molar refractivity (Wildman–Crippen MR) is 106 cm³/mol. The van der Waals surface area contributed by atoms with Crippen LogP contribution in [0.2, 0.25) is 0 Å². The van der Waals surface area contributed by atoms with Crippen molar-refractivity contribution in [3.8, 4) is 0 Å². The molecule has 1 unspecified atom stereocenters. The van der Waals surface area contributed by atoms with E-state index >= 15 is 0 Å².